The number of phenols is 1. The number of halogens is 1. The van der Waals surface area contributed by atoms with Gasteiger partial charge in [-0.1, -0.05) is 31.5 Å². The van der Waals surface area contributed by atoms with Crippen molar-refractivity contribution in [2.45, 2.75) is 26.2 Å². The van der Waals surface area contributed by atoms with E-state index in [1.807, 2.05) is 26.0 Å². The summed E-state index contributed by atoms with van der Waals surface area (Å²) in [6.07, 6.45) is 2.14. The maximum Gasteiger partial charge on any atom is 0.254 e. The van der Waals surface area contributed by atoms with Gasteiger partial charge in [0.25, 0.3) is 11.8 Å². The number of hydrogen-bond donors (Lipinski definition) is 3. The van der Waals surface area contributed by atoms with Crippen LogP contribution in [0.5, 0.6) is 5.75 Å². The van der Waals surface area contributed by atoms with Crippen LogP contribution in [0.1, 0.15) is 52.6 Å². The van der Waals surface area contributed by atoms with Crippen molar-refractivity contribution in [1.82, 2.24) is 20.4 Å². The van der Waals surface area contributed by atoms with Crippen molar-refractivity contribution >= 4 is 23.4 Å². The first-order valence-corrected chi connectivity index (χ1v) is 10.4. The number of carbonyl (C=O) groups excluding carboxylic acids is 2. The molecule has 0 bridgehead atoms. The predicted molar refractivity (Wildman–Crippen MR) is 120 cm³/mol. The van der Waals surface area contributed by atoms with Crippen LogP contribution < -0.4 is 10.6 Å². The number of benzene rings is 2. The first kappa shape index (κ1) is 22.4. The fourth-order valence-corrected chi connectivity index (χ4v) is 3.34. The molecule has 0 saturated heterocycles. The van der Waals surface area contributed by atoms with Crippen molar-refractivity contribution in [3.8, 4) is 11.4 Å². The maximum absolute atomic E-state index is 12.7. The van der Waals surface area contributed by atoms with Gasteiger partial charge in [0.05, 0.1) is 23.1 Å². The lowest BCUT2D eigenvalue weighted by atomic mass is 10.0. The normalized spacial score (nSPS) is 10.8. The van der Waals surface area contributed by atoms with Crippen molar-refractivity contribution in [3.05, 3.63) is 76.6 Å². The molecule has 1 aromatic heterocycles. The van der Waals surface area contributed by atoms with E-state index in [4.69, 9.17) is 11.6 Å². The smallest absolute Gasteiger partial charge is 0.254 e. The molecule has 2 amide bonds. The number of aromatic hydroxyl groups is 1. The van der Waals surface area contributed by atoms with Gasteiger partial charge in [0, 0.05) is 23.7 Å². The van der Waals surface area contributed by atoms with Gasteiger partial charge in [-0.05, 0) is 54.8 Å². The van der Waals surface area contributed by atoms with E-state index >= 15 is 0 Å². The van der Waals surface area contributed by atoms with Crippen LogP contribution in [0.15, 0.2) is 54.7 Å². The highest BCUT2D eigenvalue weighted by molar-refractivity contribution is 6.30. The first-order chi connectivity index (χ1) is 14.9. The van der Waals surface area contributed by atoms with Crippen molar-refractivity contribution in [2.75, 3.05) is 13.1 Å². The molecule has 0 aliphatic carbocycles. The second-order valence-corrected chi connectivity index (χ2v) is 7.84. The third-order valence-corrected chi connectivity index (χ3v) is 4.95. The quantitative estimate of drug-likeness (QED) is 0.463. The molecular weight excluding hydrogens is 416 g/mol. The molecule has 0 radical (unpaired) electrons. The molecule has 8 heteroatoms. The second-order valence-electron chi connectivity index (χ2n) is 7.40. The van der Waals surface area contributed by atoms with E-state index in [0.29, 0.717) is 35.7 Å². The van der Waals surface area contributed by atoms with Crippen LogP contribution in [0.4, 0.5) is 0 Å². The van der Waals surface area contributed by atoms with Crippen LogP contribution in [0, 0.1) is 0 Å². The summed E-state index contributed by atoms with van der Waals surface area (Å²) in [5.41, 5.74) is 2.56. The van der Waals surface area contributed by atoms with E-state index < -0.39 is 0 Å². The van der Waals surface area contributed by atoms with Crippen LogP contribution in [0.25, 0.3) is 5.69 Å². The number of hydrogen-bond acceptors (Lipinski definition) is 4. The van der Waals surface area contributed by atoms with Gasteiger partial charge in [-0.15, -0.1) is 0 Å². The average Bonchev–Trinajstić information content (AvgIpc) is 3.19. The van der Waals surface area contributed by atoms with Crippen molar-refractivity contribution in [3.63, 3.8) is 0 Å². The Hall–Kier alpha value is -3.32. The highest BCUT2D eigenvalue weighted by Gasteiger charge is 2.20. The summed E-state index contributed by atoms with van der Waals surface area (Å²) >= 11 is 5.97. The van der Waals surface area contributed by atoms with Gasteiger partial charge in [-0.2, -0.15) is 5.10 Å². The molecule has 0 atom stereocenters. The lowest BCUT2D eigenvalue weighted by Crippen LogP contribution is -2.30. The molecule has 3 rings (SSSR count). The molecule has 0 aliphatic rings. The molecule has 3 N–H and O–H groups in total. The number of nitrogens with one attached hydrogen (secondary N) is 2. The minimum Gasteiger partial charge on any atom is -0.508 e. The number of carbonyl (C=O) groups is 2. The Morgan fingerprint density at radius 2 is 1.74 bits per heavy atom. The number of nitrogens with zero attached hydrogens (tertiary/aromatic N) is 2. The highest BCUT2D eigenvalue weighted by atomic mass is 35.5. The lowest BCUT2D eigenvalue weighted by molar-refractivity contribution is 0.0950. The summed E-state index contributed by atoms with van der Waals surface area (Å²) in [6.45, 7) is 4.83. The van der Waals surface area contributed by atoms with Gasteiger partial charge in [-0.25, -0.2) is 4.68 Å². The fourth-order valence-electron chi connectivity index (χ4n) is 3.21. The van der Waals surface area contributed by atoms with Crippen LogP contribution in [0.3, 0.4) is 0 Å². The van der Waals surface area contributed by atoms with Crippen molar-refractivity contribution in [2.24, 2.45) is 0 Å². The minimum atomic E-state index is -0.270. The Morgan fingerprint density at radius 1 is 1.06 bits per heavy atom. The highest BCUT2D eigenvalue weighted by Crippen LogP contribution is 2.24. The molecule has 0 saturated carbocycles. The van der Waals surface area contributed by atoms with Gasteiger partial charge in [0.15, 0.2) is 0 Å². The molecular formula is C23H25ClN4O3. The van der Waals surface area contributed by atoms with Crippen LogP contribution >= 0.6 is 11.6 Å². The Morgan fingerprint density at radius 3 is 2.39 bits per heavy atom. The lowest BCUT2D eigenvalue weighted by Gasteiger charge is -2.13. The minimum absolute atomic E-state index is 0.0417. The van der Waals surface area contributed by atoms with Crippen LogP contribution in [0.2, 0.25) is 5.02 Å². The topological polar surface area (TPSA) is 96.2 Å². The number of rotatable bonds is 8. The van der Waals surface area contributed by atoms with Gasteiger partial charge >= 0.3 is 0 Å². The van der Waals surface area contributed by atoms with E-state index in [1.165, 1.54) is 12.1 Å². The monoisotopic (exact) mass is 440 g/mol. The van der Waals surface area contributed by atoms with E-state index in [9.17, 15) is 14.7 Å². The Kier molecular flexibility index (Phi) is 7.31. The average molecular weight is 441 g/mol. The maximum atomic E-state index is 12.7. The zero-order valence-electron chi connectivity index (χ0n) is 17.4. The molecule has 0 unspecified atom stereocenters. The van der Waals surface area contributed by atoms with E-state index in [0.717, 1.165) is 11.4 Å². The fraction of sp³-hybridized carbons (Fsp3) is 0.261. The largest absolute Gasteiger partial charge is 0.508 e. The van der Waals surface area contributed by atoms with Crippen molar-refractivity contribution in [1.29, 1.82) is 0 Å². The SMILES string of the molecule is CC(C)c1c(C(=O)NCCCNC(=O)c2cccc(O)c2)cnn1-c1ccc(Cl)cc1. The van der Waals surface area contributed by atoms with Crippen LogP contribution in [-0.4, -0.2) is 39.8 Å². The molecule has 0 spiro atoms. The Bertz CT molecular complexity index is 1060. The molecule has 1 heterocycles. The first-order valence-electron chi connectivity index (χ1n) is 10.1. The standard InChI is InChI=1S/C23H25ClN4O3/c1-15(2)21-20(14-27-28(21)18-9-7-17(24)8-10-18)23(31)26-12-4-11-25-22(30)16-5-3-6-19(29)13-16/h3,5-10,13-15,29H,4,11-12H2,1-2H3,(H,25,30)(H,26,31). The van der Waals surface area contributed by atoms with Gasteiger partial charge in [0.2, 0.25) is 0 Å². The molecule has 7 nitrogen and oxygen atoms in total. The van der Waals surface area contributed by atoms with E-state index in [1.54, 1.807) is 35.1 Å². The summed E-state index contributed by atoms with van der Waals surface area (Å²) in [7, 11) is 0. The zero-order chi connectivity index (χ0) is 22.4. The third-order valence-electron chi connectivity index (χ3n) is 4.70. The number of phenolic OH excluding ortho intramolecular Hbond substituents is 1. The molecule has 2 aromatic carbocycles. The molecule has 0 aliphatic heterocycles. The summed E-state index contributed by atoms with van der Waals surface area (Å²) in [6, 6.07) is 13.4. The van der Waals surface area contributed by atoms with Gasteiger partial charge < -0.3 is 15.7 Å². The molecule has 31 heavy (non-hydrogen) atoms. The Labute approximate surface area is 186 Å². The van der Waals surface area contributed by atoms with Crippen LogP contribution in [-0.2, 0) is 0 Å². The van der Waals surface area contributed by atoms with Gasteiger partial charge in [0.1, 0.15) is 5.75 Å². The second kappa shape index (κ2) is 10.1. The van der Waals surface area contributed by atoms with Crippen molar-refractivity contribution < 1.29 is 14.7 Å². The van der Waals surface area contributed by atoms with E-state index in [2.05, 4.69) is 15.7 Å². The van der Waals surface area contributed by atoms with Gasteiger partial charge in [-0.3, -0.25) is 9.59 Å². The molecule has 162 valence electrons. The predicted octanol–water partition coefficient (Wildman–Crippen LogP) is 3.90. The summed E-state index contributed by atoms with van der Waals surface area (Å²) in [5.74, 6) is -0.350. The number of amides is 2. The summed E-state index contributed by atoms with van der Waals surface area (Å²) in [4.78, 5) is 24.8. The third kappa shape index (κ3) is 5.64. The molecule has 0 fully saturated rings. The summed E-state index contributed by atoms with van der Waals surface area (Å²) < 4.78 is 1.76. The summed E-state index contributed by atoms with van der Waals surface area (Å²) in [5, 5.41) is 20.1. The zero-order valence-corrected chi connectivity index (χ0v) is 18.2. The molecule has 3 aromatic rings. The van der Waals surface area contributed by atoms with E-state index in [-0.39, 0.29) is 23.5 Å². The Balaban J connectivity index is 1.56. The number of aromatic nitrogens is 2.